The molecule has 0 amide bonds. The van der Waals surface area contributed by atoms with Crippen molar-refractivity contribution in [2.24, 2.45) is 7.05 Å². The van der Waals surface area contributed by atoms with Gasteiger partial charge in [-0.05, 0) is 43.0 Å². The summed E-state index contributed by atoms with van der Waals surface area (Å²) in [6.45, 7) is 9.49. The van der Waals surface area contributed by atoms with Gasteiger partial charge in [-0.1, -0.05) is 18.2 Å². The number of aromatic nitrogens is 1. The molecule has 170 valence electrons. The van der Waals surface area contributed by atoms with Gasteiger partial charge in [0, 0.05) is 63.0 Å². The van der Waals surface area contributed by atoms with Gasteiger partial charge in [0.1, 0.15) is 11.5 Å². The number of fused-ring (bicyclic) bond motifs is 1. The van der Waals surface area contributed by atoms with E-state index in [2.05, 4.69) is 35.8 Å². The highest BCUT2D eigenvalue weighted by Gasteiger charge is 2.22. The Morgan fingerprint density at radius 3 is 2.09 bits per heavy atom. The van der Waals surface area contributed by atoms with Gasteiger partial charge in [-0.2, -0.15) is 0 Å². The zero-order valence-corrected chi connectivity index (χ0v) is 19.7. The fourth-order valence-corrected chi connectivity index (χ4v) is 4.60. The molecule has 1 aromatic heterocycles. The smallest absolute Gasteiger partial charge is 0.258 e. The average molecular weight is 436 g/mol. The number of hydrogen-bond acceptors (Lipinski definition) is 5. The first-order chi connectivity index (χ1) is 15.4. The molecule has 1 aliphatic rings. The molecule has 0 bridgehead atoms. The van der Waals surface area contributed by atoms with E-state index in [0.717, 1.165) is 66.3 Å². The Morgan fingerprint density at radius 2 is 1.53 bits per heavy atom. The monoisotopic (exact) mass is 435 g/mol. The Morgan fingerprint density at radius 1 is 0.938 bits per heavy atom. The third-order valence-corrected chi connectivity index (χ3v) is 6.53. The van der Waals surface area contributed by atoms with E-state index in [-0.39, 0.29) is 5.56 Å². The van der Waals surface area contributed by atoms with Crippen LogP contribution in [0.3, 0.4) is 0 Å². The predicted molar refractivity (Wildman–Crippen MR) is 130 cm³/mol. The second kappa shape index (κ2) is 9.35. The molecule has 0 radical (unpaired) electrons. The van der Waals surface area contributed by atoms with Gasteiger partial charge in [0.25, 0.3) is 5.56 Å². The van der Waals surface area contributed by atoms with Crippen molar-refractivity contribution < 1.29 is 9.47 Å². The fourth-order valence-electron chi connectivity index (χ4n) is 4.60. The van der Waals surface area contributed by atoms with Crippen molar-refractivity contribution in [3.63, 3.8) is 0 Å². The fraction of sp³-hybridized carbons (Fsp3) is 0.423. The quantitative estimate of drug-likeness (QED) is 0.590. The van der Waals surface area contributed by atoms with Crippen LogP contribution in [0.5, 0.6) is 11.5 Å². The summed E-state index contributed by atoms with van der Waals surface area (Å²) < 4.78 is 13.3. The molecule has 0 N–H and O–H groups in total. The van der Waals surface area contributed by atoms with E-state index < -0.39 is 0 Å². The van der Waals surface area contributed by atoms with Crippen molar-refractivity contribution in [1.82, 2.24) is 14.4 Å². The number of methoxy groups -OCH3 is 2. The second-order valence-corrected chi connectivity index (χ2v) is 8.77. The lowest BCUT2D eigenvalue weighted by atomic mass is 9.98. The zero-order valence-electron chi connectivity index (χ0n) is 19.7. The van der Waals surface area contributed by atoms with Gasteiger partial charge >= 0.3 is 0 Å². The minimum Gasteiger partial charge on any atom is -0.496 e. The van der Waals surface area contributed by atoms with Crippen LogP contribution in [0, 0.1) is 0 Å². The first-order valence-corrected chi connectivity index (χ1v) is 11.2. The topological polar surface area (TPSA) is 46.9 Å². The van der Waals surface area contributed by atoms with Gasteiger partial charge in [-0.15, -0.1) is 0 Å². The third-order valence-electron chi connectivity index (χ3n) is 6.53. The molecule has 1 fully saturated rings. The number of piperazine rings is 1. The van der Waals surface area contributed by atoms with Crippen LogP contribution >= 0.6 is 0 Å². The maximum absolute atomic E-state index is 12.6. The molecule has 1 saturated heterocycles. The van der Waals surface area contributed by atoms with E-state index in [0.29, 0.717) is 11.4 Å². The minimum atomic E-state index is 0.000407. The van der Waals surface area contributed by atoms with Crippen LogP contribution in [0.15, 0.2) is 47.4 Å². The lowest BCUT2D eigenvalue weighted by molar-refractivity contribution is 0.103. The molecule has 0 spiro atoms. The average Bonchev–Trinajstić information content (AvgIpc) is 2.81. The van der Waals surface area contributed by atoms with Crippen LogP contribution in [0.25, 0.3) is 21.9 Å². The van der Waals surface area contributed by atoms with Gasteiger partial charge < -0.3 is 14.0 Å². The standard InChI is InChI=1S/C26H33N3O3/c1-18(2)29-12-10-28(11-13-29)17-23-24(31-4)14-19(15-25(23)32-5)22-16-27(3)26(30)21-9-7-6-8-20(21)22/h6-9,14-16,18H,10-13,17H2,1-5H3. The summed E-state index contributed by atoms with van der Waals surface area (Å²) in [6, 6.07) is 12.4. The number of hydrogen-bond donors (Lipinski definition) is 0. The highest BCUT2D eigenvalue weighted by atomic mass is 16.5. The van der Waals surface area contributed by atoms with E-state index in [4.69, 9.17) is 9.47 Å². The summed E-state index contributed by atoms with van der Waals surface area (Å²) in [6.07, 6.45) is 1.89. The van der Waals surface area contributed by atoms with Crippen molar-refractivity contribution in [3.8, 4) is 22.6 Å². The van der Waals surface area contributed by atoms with E-state index in [1.165, 1.54) is 0 Å². The summed E-state index contributed by atoms with van der Waals surface area (Å²) in [5.74, 6) is 1.62. The van der Waals surface area contributed by atoms with E-state index in [9.17, 15) is 4.79 Å². The number of nitrogens with zero attached hydrogens (tertiary/aromatic N) is 3. The van der Waals surface area contributed by atoms with Crippen molar-refractivity contribution in [3.05, 3.63) is 58.5 Å². The van der Waals surface area contributed by atoms with Gasteiger partial charge in [0.15, 0.2) is 0 Å². The normalized spacial score (nSPS) is 15.4. The molecule has 1 aliphatic heterocycles. The molecule has 32 heavy (non-hydrogen) atoms. The van der Waals surface area contributed by atoms with Crippen molar-refractivity contribution >= 4 is 10.8 Å². The first-order valence-electron chi connectivity index (χ1n) is 11.2. The molecular weight excluding hydrogens is 402 g/mol. The van der Waals surface area contributed by atoms with Crippen LogP contribution in [0.2, 0.25) is 0 Å². The summed E-state index contributed by atoms with van der Waals surface area (Å²) in [4.78, 5) is 17.6. The SMILES string of the molecule is COc1cc(-c2cn(C)c(=O)c3ccccc23)cc(OC)c1CN1CCN(C(C)C)CC1. The van der Waals surface area contributed by atoms with Crippen LogP contribution in [-0.2, 0) is 13.6 Å². The molecule has 4 rings (SSSR count). The van der Waals surface area contributed by atoms with E-state index >= 15 is 0 Å². The van der Waals surface area contributed by atoms with Crippen LogP contribution in [0.1, 0.15) is 19.4 Å². The molecular formula is C26H33N3O3. The zero-order chi connectivity index (χ0) is 22.8. The number of pyridine rings is 1. The van der Waals surface area contributed by atoms with E-state index in [1.54, 1.807) is 25.8 Å². The van der Waals surface area contributed by atoms with Crippen molar-refractivity contribution in [2.45, 2.75) is 26.4 Å². The number of rotatable bonds is 6. The maximum Gasteiger partial charge on any atom is 0.258 e. The Labute approximate surface area is 190 Å². The van der Waals surface area contributed by atoms with Crippen molar-refractivity contribution in [2.75, 3.05) is 40.4 Å². The van der Waals surface area contributed by atoms with E-state index in [1.807, 2.05) is 30.5 Å². The largest absolute Gasteiger partial charge is 0.496 e. The molecule has 0 unspecified atom stereocenters. The second-order valence-electron chi connectivity index (χ2n) is 8.77. The first kappa shape index (κ1) is 22.4. The molecule has 0 atom stereocenters. The molecule has 2 heterocycles. The van der Waals surface area contributed by atoms with Gasteiger partial charge in [-0.25, -0.2) is 0 Å². The molecule has 0 saturated carbocycles. The minimum absolute atomic E-state index is 0.000407. The van der Waals surface area contributed by atoms with Gasteiger partial charge in [-0.3, -0.25) is 14.6 Å². The van der Waals surface area contributed by atoms with Crippen molar-refractivity contribution in [1.29, 1.82) is 0 Å². The molecule has 0 aliphatic carbocycles. The summed E-state index contributed by atoms with van der Waals surface area (Å²) >= 11 is 0. The lowest BCUT2D eigenvalue weighted by Gasteiger charge is -2.37. The Balaban J connectivity index is 1.73. The van der Waals surface area contributed by atoms with Crippen LogP contribution < -0.4 is 15.0 Å². The van der Waals surface area contributed by atoms with Gasteiger partial charge in [0.05, 0.1) is 19.8 Å². The Kier molecular flexibility index (Phi) is 6.53. The third kappa shape index (κ3) is 4.25. The predicted octanol–water partition coefficient (Wildman–Crippen LogP) is 3.75. The molecule has 2 aromatic carbocycles. The number of aryl methyl sites for hydroxylation is 1. The van der Waals surface area contributed by atoms with Crippen LogP contribution in [-0.4, -0.2) is 60.8 Å². The molecule has 3 aromatic rings. The number of ether oxygens (including phenoxy) is 2. The molecule has 6 heteroatoms. The number of benzene rings is 2. The Hall–Kier alpha value is -2.83. The maximum atomic E-state index is 12.6. The van der Waals surface area contributed by atoms with Gasteiger partial charge in [0.2, 0.25) is 0 Å². The highest BCUT2D eigenvalue weighted by Crippen LogP contribution is 2.38. The summed E-state index contributed by atoms with van der Waals surface area (Å²) in [7, 11) is 5.20. The molecule has 6 nitrogen and oxygen atoms in total. The van der Waals surface area contributed by atoms with Crippen LogP contribution in [0.4, 0.5) is 0 Å². The Bertz CT molecular complexity index is 1140. The summed E-state index contributed by atoms with van der Waals surface area (Å²) in [5.41, 5.74) is 3.02. The highest BCUT2D eigenvalue weighted by molar-refractivity contribution is 5.96. The summed E-state index contributed by atoms with van der Waals surface area (Å²) in [5, 5.41) is 1.63. The lowest BCUT2D eigenvalue weighted by Crippen LogP contribution is -2.48.